The van der Waals surface area contributed by atoms with Gasteiger partial charge < -0.3 is 10.5 Å². The van der Waals surface area contributed by atoms with Gasteiger partial charge in [0, 0.05) is 5.69 Å². The molecular formula is C11H17N3O2. The van der Waals surface area contributed by atoms with Gasteiger partial charge in [-0.25, -0.2) is 10.2 Å². The molecule has 0 aliphatic rings. The SMILES string of the molecule is CCCCOC(=O)NNc1cccc(N)c1. The number of carbonyl (C=O) groups is 1. The summed E-state index contributed by atoms with van der Waals surface area (Å²) in [5.41, 5.74) is 12.1. The molecule has 0 radical (unpaired) electrons. The number of nitrogen functional groups attached to an aromatic ring is 1. The van der Waals surface area contributed by atoms with Gasteiger partial charge in [0.1, 0.15) is 0 Å². The van der Waals surface area contributed by atoms with Crippen LogP contribution in [0.3, 0.4) is 0 Å². The Morgan fingerprint density at radius 1 is 1.50 bits per heavy atom. The number of rotatable bonds is 5. The topological polar surface area (TPSA) is 76.4 Å². The summed E-state index contributed by atoms with van der Waals surface area (Å²) in [5.74, 6) is 0. The van der Waals surface area contributed by atoms with Crippen LogP contribution in [-0.4, -0.2) is 12.7 Å². The highest BCUT2D eigenvalue weighted by Crippen LogP contribution is 2.10. The van der Waals surface area contributed by atoms with E-state index < -0.39 is 6.09 Å². The fourth-order valence-electron chi connectivity index (χ4n) is 1.08. The van der Waals surface area contributed by atoms with Crippen molar-refractivity contribution in [1.82, 2.24) is 5.43 Å². The molecule has 0 saturated carbocycles. The summed E-state index contributed by atoms with van der Waals surface area (Å²) in [5, 5.41) is 0. The first kappa shape index (κ1) is 12.2. The molecule has 0 heterocycles. The normalized spacial score (nSPS) is 9.56. The Balaban J connectivity index is 2.26. The molecule has 0 saturated heterocycles. The molecule has 5 nitrogen and oxygen atoms in total. The van der Waals surface area contributed by atoms with Gasteiger partial charge in [0.05, 0.1) is 12.3 Å². The lowest BCUT2D eigenvalue weighted by molar-refractivity contribution is 0.147. The van der Waals surface area contributed by atoms with E-state index in [1.807, 2.05) is 6.92 Å². The van der Waals surface area contributed by atoms with Gasteiger partial charge in [-0.1, -0.05) is 19.4 Å². The second-order valence-corrected chi connectivity index (χ2v) is 3.36. The van der Waals surface area contributed by atoms with Crippen molar-refractivity contribution in [3.05, 3.63) is 24.3 Å². The zero-order valence-corrected chi connectivity index (χ0v) is 9.32. The minimum absolute atomic E-state index is 0.431. The van der Waals surface area contributed by atoms with E-state index in [1.165, 1.54) is 0 Å². The minimum atomic E-state index is -0.490. The first-order chi connectivity index (χ1) is 7.72. The Labute approximate surface area is 94.9 Å². The lowest BCUT2D eigenvalue weighted by Gasteiger charge is -2.09. The second kappa shape index (κ2) is 6.55. The third kappa shape index (κ3) is 4.54. The van der Waals surface area contributed by atoms with E-state index in [4.69, 9.17) is 10.5 Å². The van der Waals surface area contributed by atoms with Crippen molar-refractivity contribution < 1.29 is 9.53 Å². The van der Waals surface area contributed by atoms with Crippen molar-refractivity contribution in [3.8, 4) is 0 Å². The zero-order chi connectivity index (χ0) is 11.8. The molecule has 88 valence electrons. The third-order valence-corrected chi connectivity index (χ3v) is 1.93. The molecule has 0 bridgehead atoms. The molecule has 16 heavy (non-hydrogen) atoms. The smallest absolute Gasteiger partial charge is 0.425 e. The molecule has 0 aromatic heterocycles. The highest BCUT2D eigenvalue weighted by atomic mass is 16.6. The first-order valence-corrected chi connectivity index (χ1v) is 5.26. The monoisotopic (exact) mass is 223 g/mol. The molecule has 0 unspecified atom stereocenters. The minimum Gasteiger partial charge on any atom is -0.448 e. The molecular weight excluding hydrogens is 206 g/mol. The van der Waals surface area contributed by atoms with Crippen LogP contribution in [0.2, 0.25) is 0 Å². The van der Waals surface area contributed by atoms with Crippen LogP contribution < -0.4 is 16.6 Å². The summed E-state index contributed by atoms with van der Waals surface area (Å²) in [6.07, 6.45) is 1.37. The number of carbonyl (C=O) groups excluding carboxylic acids is 1. The quantitative estimate of drug-likeness (QED) is 0.406. The van der Waals surface area contributed by atoms with Gasteiger partial charge in [-0.05, 0) is 24.6 Å². The van der Waals surface area contributed by atoms with Crippen molar-refractivity contribution in [1.29, 1.82) is 0 Å². The number of anilines is 2. The molecule has 0 aliphatic heterocycles. The lowest BCUT2D eigenvalue weighted by atomic mass is 10.3. The van der Waals surface area contributed by atoms with Gasteiger partial charge in [0.15, 0.2) is 0 Å². The van der Waals surface area contributed by atoms with Crippen LogP contribution >= 0.6 is 0 Å². The maximum atomic E-state index is 11.1. The molecule has 1 rings (SSSR count). The van der Waals surface area contributed by atoms with Gasteiger partial charge >= 0.3 is 6.09 Å². The van der Waals surface area contributed by atoms with Crippen molar-refractivity contribution >= 4 is 17.5 Å². The molecule has 0 aliphatic carbocycles. The largest absolute Gasteiger partial charge is 0.448 e. The average Bonchev–Trinajstić information content (AvgIpc) is 2.27. The number of hydrazine groups is 1. The van der Waals surface area contributed by atoms with Crippen LogP contribution in [0, 0.1) is 0 Å². The Morgan fingerprint density at radius 3 is 3.00 bits per heavy atom. The first-order valence-electron chi connectivity index (χ1n) is 5.26. The van der Waals surface area contributed by atoms with Crippen LogP contribution in [0.1, 0.15) is 19.8 Å². The zero-order valence-electron chi connectivity index (χ0n) is 9.32. The predicted octanol–water partition coefficient (Wildman–Crippen LogP) is 2.12. The van der Waals surface area contributed by atoms with E-state index in [1.54, 1.807) is 24.3 Å². The molecule has 0 atom stereocenters. The van der Waals surface area contributed by atoms with E-state index in [2.05, 4.69) is 10.9 Å². The van der Waals surface area contributed by atoms with Gasteiger partial charge in [-0.15, -0.1) is 0 Å². The fourth-order valence-corrected chi connectivity index (χ4v) is 1.08. The molecule has 1 aromatic rings. The van der Waals surface area contributed by atoms with Crippen molar-refractivity contribution in [2.75, 3.05) is 17.8 Å². The Hall–Kier alpha value is -1.91. The second-order valence-electron chi connectivity index (χ2n) is 3.36. The number of nitrogens with one attached hydrogen (secondary N) is 2. The van der Waals surface area contributed by atoms with Crippen LogP contribution in [-0.2, 0) is 4.74 Å². The highest BCUT2D eigenvalue weighted by Gasteiger charge is 2.00. The molecule has 1 aromatic carbocycles. The van der Waals surface area contributed by atoms with E-state index in [-0.39, 0.29) is 0 Å². The summed E-state index contributed by atoms with van der Waals surface area (Å²) in [6, 6.07) is 7.07. The average molecular weight is 223 g/mol. The Bertz CT molecular complexity index is 342. The number of benzene rings is 1. The molecule has 5 heteroatoms. The summed E-state index contributed by atoms with van der Waals surface area (Å²) in [7, 11) is 0. The standard InChI is InChI=1S/C11H17N3O2/c1-2-3-7-16-11(15)14-13-10-6-4-5-9(12)8-10/h4-6,8,13H,2-3,7,12H2,1H3,(H,14,15). The Kier molecular flexibility index (Phi) is 4.98. The van der Waals surface area contributed by atoms with Gasteiger partial charge in [-0.2, -0.15) is 0 Å². The number of ether oxygens (including phenoxy) is 1. The summed E-state index contributed by atoms with van der Waals surface area (Å²) in [4.78, 5) is 11.1. The maximum absolute atomic E-state index is 11.1. The molecule has 0 spiro atoms. The third-order valence-electron chi connectivity index (χ3n) is 1.93. The molecule has 0 fully saturated rings. The van der Waals surface area contributed by atoms with Gasteiger partial charge in [-0.3, -0.25) is 5.43 Å². The summed E-state index contributed by atoms with van der Waals surface area (Å²) >= 11 is 0. The molecule has 4 N–H and O–H groups in total. The lowest BCUT2D eigenvalue weighted by Crippen LogP contribution is -2.30. The van der Waals surface area contributed by atoms with E-state index in [0.29, 0.717) is 18.0 Å². The summed E-state index contributed by atoms with van der Waals surface area (Å²) in [6.45, 7) is 2.47. The van der Waals surface area contributed by atoms with Gasteiger partial charge in [0.2, 0.25) is 0 Å². The van der Waals surface area contributed by atoms with Crippen LogP contribution in [0.4, 0.5) is 16.2 Å². The maximum Gasteiger partial charge on any atom is 0.425 e. The highest BCUT2D eigenvalue weighted by molar-refractivity contribution is 5.69. The number of hydrogen-bond donors (Lipinski definition) is 3. The molecule has 1 amide bonds. The van der Waals surface area contributed by atoms with E-state index in [0.717, 1.165) is 12.8 Å². The van der Waals surface area contributed by atoms with E-state index in [9.17, 15) is 4.79 Å². The summed E-state index contributed by atoms with van der Waals surface area (Å²) < 4.78 is 4.89. The number of amides is 1. The Morgan fingerprint density at radius 2 is 2.31 bits per heavy atom. The van der Waals surface area contributed by atoms with Crippen molar-refractivity contribution in [2.45, 2.75) is 19.8 Å². The van der Waals surface area contributed by atoms with Crippen molar-refractivity contribution in [3.63, 3.8) is 0 Å². The van der Waals surface area contributed by atoms with Gasteiger partial charge in [0.25, 0.3) is 0 Å². The predicted molar refractivity (Wildman–Crippen MR) is 63.9 cm³/mol. The van der Waals surface area contributed by atoms with Crippen molar-refractivity contribution in [2.24, 2.45) is 0 Å². The fraction of sp³-hybridized carbons (Fsp3) is 0.364. The van der Waals surface area contributed by atoms with Crippen LogP contribution in [0.25, 0.3) is 0 Å². The van der Waals surface area contributed by atoms with E-state index >= 15 is 0 Å². The number of nitrogens with two attached hydrogens (primary N) is 1. The number of hydrogen-bond acceptors (Lipinski definition) is 4. The van der Waals surface area contributed by atoms with Crippen LogP contribution in [0.5, 0.6) is 0 Å². The number of unbranched alkanes of at least 4 members (excludes halogenated alkanes) is 1. The van der Waals surface area contributed by atoms with Crippen LogP contribution in [0.15, 0.2) is 24.3 Å².